The molecule has 0 fully saturated rings. The number of ether oxygens (including phenoxy) is 3. The maximum atomic E-state index is 12.7. The zero-order valence-corrected chi connectivity index (χ0v) is 17.5. The maximum Gasteiger partial charge on any atom is 0.290 e. The molecule has 2 aromatic carbocycles. The first kappa shape index (κ1) is 20.7. The van der Waals surface area contributed by atoms with Crippen molar-refractivity contribution in [3.8, 4) is 17.2 Å². The topological polar surface area (TPSA) is 91.1 Å². The van der Waals surface area contributed by atoms with Gasteiger partial charge in [0.15, 0.2) is 11.5 Å². The maximum absolute atomic E-state index is 12.7. The Morgan fingerprint density at radius 3 is 2.59 bits per heavy atom. The fourth-order valence-electron chi connectivity index (χ4n) is 2.93. The number of non-ortho nitro benzene ring substituents is 1. The number of nitrogens with zero attached hydrogens (tertiary/aromatic N) is 2. The van der Waals surface area contributed by atoms with Gasteiger partial charge in [0, 0.05) is 12.6 Å². The van der Waals surface area contributed by atoms with E-state index in [1.54, 1.807) is 25.2 Å². The SMILES string of the molecule is COc1ccc(CCN2CC(Br)=C(Oc3cccc([N+](=O)[O-])c3)C2=O)cc1OC. The minimum Gasteiger partial charge on any atom is -0.493 e. The second kappa shape index (κ2) is 8.95. The molecule has 9 heteroatoms. The molecule has 0 N–H and O–H groups in total. The number of amides is 1. The van der Waals surface area contributed by atoms with Gasteiger partial charge in [0.1, 0.15) is 5.75 Å². The van der Waals surface area contributed by atoms with E-state index < -0.39 is 4.92 Å². The van der Waals surface area contributed by atoms with Gasteiger partial charge in [-0.15, -0.1) is 0 Å². The Labute approximate surface area is 175 Å². The normalized spacial score (nSPS) is 13.6. The molecular formula is C20H19BrN2O6. The molecular weight excluding hydrogens is 444 g/mol. The van der Waals surface area contributed by atoms with Gasteiger partial charge in [-0.1, -0.05) is 12.1 Å². The van der Waals surface area contributed by atoms with Crippen LogP contribution in [0.3, 0.4) is 0 Å². The van der Waals surface area contributed by atoms with Crippen LogP contribution in [-0.4, -0.2) is 43.0 Å². The van der Waals surface area contributed by atoms with Crippen molar-refractivity contribution in [3.05, 3.63) is 68.4 Å². The Kier molecular flexibility index (Phi) is 6.38. The molecule has 0 atom stereocenters. The average molecular weight is 463 g/mol. The quantitative estimate of drug-likeness (QED) is 0.438. The minimum atomic E-state index is -0.512. The molecule has 1 aliphatic rings. The second-order valence-corrected chi connectivity index (χ2v) is 7.21. The van der Waals surface area contributed by atoms with Gasteiger partial charge in [-0.2, -0.15) is 0 Å². The van der Waals surface area contributed by atoms with Crippen molar-refractivity contribution in [2.45, 2.75) is 6.42 Å². The molecule has 0 saturated heterocycles. The van der Waals surface area contributed by atoms with Crippen molar-refractivity contribution in [3.63, 3.8) is 0 Å². The third-order valence-corrected chi connectivity index (χ3v) is 5.04. The van der Waals surface area contributed by atoms with Gasteiger partial charge >= 0.3 is 0 Å². The van der Waals surface area contributed by atoms with E-state index in [0.29, 0.717) is 35.5 Å². The van der Waals surface area contributed by atoms with Crippen LogP contribution >= 0.6 is 15.9 Å². The van der Waals surface area contributed by atoms with E-state index in [9.17, 15) is 14.9 Å². The molecule has 1 aliphatic heterocycles. The molecule has 0 radical (unpaired) electrons. The first-order valence-corrected chi connectivity index (χ1v) is 9.53. The number of carbonyl (C=O) groups is 1. The predicted octanol–water partition coefficient (Wildman–Crippen LogP) is 3.68. The van der Waals surface area contributed by atoms with Gasteiger partial charge in [0.25, 0.3) is 11.6 Å². The van der Waals surface area contributed by atoms with Crippen LogP contribution in [0.5, 0.6) is 17.2 Å². The molecule has 152 valence electrons. The van der Waals surface area contributed by atoms with E-state index in [1.807, 2.05) is 18.2 Å². The molecule has 0 saturated carbocycles. The van der Waals surface area contributed by atoms with Gasteiger partial charge in [-0.05, 0) is 46.1 Å². The smallest absolute Gasteiger partial charge is 0.290 e. The molecule has 29 heavy (non-hydrogen) atoms. The number of benzene rings is 2. The number of halogens is 1. The van der Waals surface area contributed by atoms with Crippen LogP contribution in [0.1, 0.15) is 5.56 Å². The van der Waals surface area contributed by atoms with Crippen LogP contribution in [0.4, 0.5) is 5.69 Å². The second-order valence-electron chi connectivity index (χ2n) is 6.26. The third-order valence-electron chi connectivity index (χ3n) is 4.42. The van der Waals surface area contributed by atoms with Crippen LogP contribution in [-0.2, 0) is 11.2 Å². The van der Waals surface area contributed by atoms with Crippen LogP contribution in [0, 0.1) is 10.1 Å². The number of nitro groups is 1. The summed E-state index contributed by atoms with van der Waals surface area (Å²) in [7, 11) is 3.15. The van der Waals surface area contributed by atoms with Gasteiger partial charge in [-0.25, -0.2) is 0 Å². The third kappa shape index (κ3) is 4.68. The highest BCUT2D eigenvalue weighted by Gasteiger charge is 2.31. The van der Waals surface area contributed by atoms with Gasteiger partial charge in [-0.3, -0.25) is 14.9 Å². The monoisotopic (exact) mass is 462 g/mol. The minimum absolute atomic E-state index is 0.102. The van der Waals surface area contributed by atoms with Gasteiger partial charge < -0.3 is 19.1 Å². The van der Waals surface area contributed by atoms with Crippen molar-refractivity contribution in [1.29, 1.82) is 0 Å². The predicted molar refractivity (Wildman–Crippen MR) is 110 cm³/mol. The first-order valence-electron chi connectivity index (χ1n) is 8.74. The molecule has 1 heterocycles. The number of methoxy groups -OCH3 is 2. The van der Waals surface area contributed by atoms with Crippen LogP contribution in [0.15, 0.2) is 52.7 Å². The zero-order valence-electron chi connectivity index (χ0n) is 15.9. The summed E-state index contributed by atoms with van der Waals surface area (Å²) >= 11 is 3.38. The highest BCUT2D eigenvalue weighted by molar-refractivity contribution is 9.11. The molecule has 1 amide bonds. The largest absolute Gasteiger partial charge is 0.493 e. The molecule has 0 bridgehead atoms. The van der Waals surface area contributed by atoms with E-state index in [-0.39, 0.29) is 23.1 Å². The fourth-order valence-corrected chi connectivity index (χ4v) is 3.48. The highest BCUT2D eigenvalue weighted by Crippen LogP contribution is 2.30. The first-order chi connectivity index (χ1) is 13.9. The summed E-state index contributed by atoms with van der Waals surface area (Å²) in [5, 5.41) is 10.9. The van der Waals surface area contributed by atoms with E-state index >= 15 is 0 Å². The molecule has 8 nitrogen and oxygen atoms in total. The molecule has 0 aliphatic carbocycles. The Bertz CT molecular complexity index is 975. The molecule has 2 aromatic rings. The van der Waals surface area contributed by atoms with Gasteiger partial charge in [0.2, 0.25) is 5.76 Å². The van der Waals surface area contributed by atoms with Gasteiger partial charge in [0.05, 0.1) is 36.2 Å². The number of hydrogen-bond donors (Lipinski definition) is 0. The highest BCUT2D eigenvalue weighted by atomic mass is 79.9. The van der Waals surface area contributed by atoms with Crippen LogP contribution < -0.4 is 14.2 Å². The number of rotatable bonds is 8. The Morgan fingerprint density at radius 2 is 1.90 bits per heavy atom. The Balaban J connectivity index is 1.65. The number of nitro benzene ring substituents is 1. The summed E-state index contributed by atoms with van der Waals surface area (Å²) in [6.45, 7) is 0.849. The summed E-state index contributed by atoms with van der Waals surface area (Å²) in [6.07, 6.45) is 0.621. The standard InChI is InChI=1S/C20H19BrN2O6/c1-27-17-7-6-13(10-18(17)28-2)8-9-22-12-16(21)19(20(22)24)29-15-5-3-4-14(11-15)23(25)26/h3-7,10-11H,8-9,12H2,1-2H3. The zero-order chi connectivity index (χ0) is 21.0. The molecule has 0 spiro atoms. The molecule has 0 aromatic heterocycles. The van der Waals surface area contributed by atoms with E-state index in [4.69, 9.17) is 14.2 Å². The van der Waals surface area contributed by atoms with Crippen LogP contribution in [0.2, 0.25) is 0 Å². The van der Waals surface area contributed by atoms with Crippen molar-refractivity contribution < 1.29 is 23.9 Å². The van der Waals surface area contributed by atoms with Crippen molar-refractivity contribution >= 4 is 27.5 Å². The van der Waals surface area contributed by atoms with Crippen molar-refractivity contribution in [1.82, 2.24) is 4.90 Å². The summed E-state index contributed by atoms with van der Waals surface area (Å²) in [4.78, 5) is 24.8. The summed E-state index contributed by atoms with van der Waals surface area (Å²) in [5.41, 5.74) is 0.898. The lowest BCUT2D eigenvalue weighted by Crippen LogP contribution is -2.30. The average Bonchev–Trinajstić information content (AvgIpc) is 2.99. The molecule has 0 unspecified atom stereocenters. The summed E-state index contributed by atoms with van der Waals surface area (Å²) in [6, 6.07) is 11.4. The van der Waals surface area contributed by atoms with Crippen LogP contribution in [0.25, 0.3) is 0 Å². The number of hydrogen-bond acceptors (Lipinski definition) is 6. The lowest BCUT2D eigenvalue weighted by molar-refractivity contribution is -0.384. The van der Waals surface area contributed by atoms with E-state index in [0.717, 1.165) is 5.56 Å². The lowest BCUT2D eigenvalue weighted by Gasteiger charge is -2.17. The summed E-state index contributed by atoms with van der Waals surface area (Å²) in [5.74, 6) is 1.38. The molecule has 3 rings (SSSR count). The van der Waals surface area contributed by atoms with E-state index in [2.05, 4.69) is 15.9 Å². The van der Waals surface area contributed by atoms with Crippen molar-refractivity contribution in [2.75, 3.05) is 27.3 Å². The Hall–Kier alpha value is -3.07. The lowest BCUT2D eigenvalue weighted by atomic mass is 10.1. The van der Waals surface area contributed by atoms with E-state index in [1.165, 1.54) is 18.2 Å². The summed E-state index contributed by atoms with van der Waals surface area (Å²) < 4.78 is 16.8. The Morgan fingerprint density at radius 1 is 1.14 bits per heavy atom. The number of carbonyl (C=O) groups excluding carboxylic acids is 1. The fraction of sp³-hybridized carbons (Fsp3) is 0.250. The van der Waals surface area contributed by atoms with Crippen molar-refractivity contribution in [2.24, 2.45) is 0 Å².